The van der Waals surface area contributed by atoms with Crippen molar-refractivity contribution in [2.75, 3.05) is 0 Å². The fourth-order valence-electron chi connectivity index (χ4n) is 10.4. The molecule has 0 fully saturated rings. The van der Waals surface area contributed by atoms with Gasteiger partial charge in [0.15, 0.2) is 5.82 Å². The summed E-state index contributed by atoms with van der Waals surface area (Å²) < 4.78 is 0. The fourth-order valence-corrected chi connectivity index (χ4v) is 10.4. The van der Waals surface area contributed by atoms with Gasteiger partial charge in [0.2, 0.25) is 0 Å². The molecule has 1 heterocycles. The van der Waals surface area contributed by atoms with Crippen molar-refractivity contribution < 1.29 is 0 Å². The van der Waals surface area contributed by atoms with E-state index in [1.165, 1.54) is 87.6 Å². The maximum absolute atomic E-state index is 5.42. The van der Waals surface area contributed by atoms with Gasteiger partial charge in [0.1, 0.15) is 0 Å². The largest absolute Gasteiger partial charge is 0.228 e. The van der Waals surface area contributed by atoms with Crippen LogP contribution in [0.5, 0.6) is 0 Å². The van der Waals surface area contributed by atoms with Crippen LogP contribution in [0.1, 0.15) is 22.3 Å². The van der Waals surface area contributed by atoms with E-state index in [1.807, 2.05) is 0 Å². The number of hydrogen-bond donors (Lipinski definition) is 0. The summed E-state index contributed by atoms with van der Waals surface area (Å²) in [4.78, 5) is 10.7. The zero-order chi connectivity index (χ0) is 37.2. The average Bonchev–Trinajstić information content (AvgIpc) is 3.74. The molecule has 0 bridgehead atoms. The standard InChI is InChI=1S/C55H32N2/c1-2-14-34-29-35(26-25-33(34)13-1)53-44-21-9-12-24-52(44)56-54(57-53)36-27-28-43-41-19-7-10-22-48(41)55(50(43)30-36)49-23-11-8-20-42(49)47-31-45-39-17-5-3-15-37(39)38-16-4-6-18-40(38)46(45)32-51(47)55/h1-32H. The Morgan fingerprint density at radius 3 is 1.56 bits per heavy atom. The summed E-state index contributed by atoms with van der Waals surface area (Å²) in [6, 6.07) is 71.5. The molecular weight excluding hydrogens is 689 g/mol. The van der Waals surface area contributed by atoms with Gasteiger partial charge in [-0.15, -0.1) is 0 Å². The minimum atomic E-state index is -0.521. The number of para-hydroxylation sites is 1. The van der Waals surface area contributed by atoms with Crippen LogP contribution in [0, 0.1) is 0 Å². The molecule has 2 aliphatic carbocycles. The third-order valence-corrected chi connectivity index (χ3v) is 12.8. The molecule has 1 unspecified atom stereocenters. The van der Waals surface area contributed by atoms with Crippen LogP contribution in [0.25, 0.3) is 98.9 Å². The minimum absolute atomic E-state index is 0.521. The highest BCUT2D eigenvalue weighted by atomic mass is 14.9. The molecule has 262 valence electrons. The molecule has 1 spiro atoms. The monoisotopic (exact) mass is 720 g/mol. The summed E-state index contributed by atoms with van der Waals surface area (Å²) >= 11 is 0. The van der Waals surface area contributed by atoms with E-state index in [4.69, 9.17) is 9.97 Å². The molecule has 1 atom stereocenters. The summed E-state index contributed by atoms with van der Waals surface area (Å²) in [7, 11) is 0. The Morgan fingerprint density at radius 2 is 0.825 bits per heavy atom. The van der Waals surface area contributed by atoms with Crippen molar-refractivity contribution in [3.8, 4) is 44.9 Å². The van der Waals surface area contributed by atoms with Crippen molar-refractivity contribution in [2.24, 2.45) is 0 Å². The van der Waals surface area contributed by atoms with Gasteiger partial charge in [-0.1, -0.05) is 164 Å². The molecule has 0 saturated heterocycles. The van der Waals surface area contributed by atoms with Gasteiger partial charge in [-0.3, -0.25) is 0 Å². The maximum atomic E-state index is 5.42. The van der Waals surface area contributed by atoms with Crippen LogP contribution in [-0.4, -0.2) is 9.97 Å². The second-order valence-electron chi connectivity index (χ2n) is 15.6. The fraction of sp³-hybridized carbons (Fsp3) is 0.0182. The zero-order valence-electron chi connectivity index (χ0n) is 30.9. The number of fused-ring (bicyclic) bond motifs is 18. The average molecular weight is 721 g/mol. The SMILES string of the molecule is c1ccc2c(c1)-c1ccc(-c3nc(-c4ccc5ccccc5c4)c4ccccc4n3)cc1C21c2ccccc2-c2cc3c4ccccc4c4ccccc4c3cc21. The van der Waals surface area contributed by atoms with Gasteiger partial charge in [0.25, 0.3) is 0 Å². The van der Waals surface area contributed by atoms with Gasteiger partial charge in [0, 0.05) is 16.5 Å². The first kappa shape index (κ1) is 30.9. The Labute approximate surface area is 329 Å². The molecule has 57 heavy (non-hydrogen) atoms. The molecule has 2 aliphatic rings. The number of hydrogen-bond acceptors (Lipinski definition) is 2. The lowest BCUT2D eigenvalue weighted by atomic mass is 9.70. The van der Waals surface area contributed by atoms with Gasteiger partial charge >= 0.3 is 0 Å². The summed E-state index contributed by atoms with van der Waals surface area (Å²) in [5.74, 6) is 0.730. The third-order valence-electron chi connectivity index (χ3n) is 12.8. The van der Waals surface area contributed by atoms with Crippen LogP contribution >= 0.6 is 0 Å². The van der Waals surface area contributed by atoms with Crippen molar-refractivity contribution in [2.45, 2.75) is 5.41 Å². The van der Waals surface area contributed by atoms with E-state index in [2.05, 4.69) is 194 Å². The van der Waals surface area contributed by atoms with Crippen molar-refractivity contribution >= 4 is 54.0 Å². The van der Waals surface area contributed by atoms with E-state index in [0.717, 1.165) is 33.5 Å². The van der Waals surface area contributed by atoms with Crippen molar-refractivity contribution in [1.82, 2.24) is 9.97 Å². The number of aromatic nitrogens is 2. The van der Waals surface area contributed by atoms with E-state index >= 15 is 0 Å². The predicted molar refractivity (Wildman–Crippen MR) is 237 cm³/mol. The summed E-state index contributed by atoms with van der Waals surface area (Å²) in [6.07, 6.45) is 0. The molecule has 13 rings (SSSR count). The highest BCUT2D eigenvalue weighted by Crippen LogP contribution is 2.64. The van der Waals surface area contributed by atoms with Crippen LogP contribution in [0.3, 0.4) is 0 Å². The molecule has 0 amide bonds. The Bertz CT molecular complexity index is 3540. The number of rotatable bonds is 2. The van der Waals surface area contributed by atoms with Crippen LogP contribution < -0.4 is 0 Å². The second-order valence-corrected chi connectivity index (χ2v) is 15.6. The van der Waals surface area contributed by atoms with Crippen LogP contribution in [0.4, 0.5) is 0 Å². The van der Waals surface area contributed by atoms with E-state index in [-0.39, 0.29) is 0 Å². The maximum Gasteiger partial charge on any atom is 0.160 e. The van der Waals surface area contributed by atoms with Gasteiger partial charge in [0.05, 0.1) is 16.6 Å². The third kappa shape index (κ3) is 4.09. The smallest absolute Gasteiger partial charge is 0.160 e. The zero-order valence-corrected chi connectivity index (χ0v) is 30.9. The molecule has 0 saturated carbocycles. The summed E-state index contributed by atoms with van der Waals surface area (Å²) in [5, 5.41) is 11.2. The lowest BCUT2D eigenvalue weighted by molar-refractivity contribution is 0.795. The topological polar surface area (TPSA) is 25.8 Å². The molecule has 1 aromatic heterocycles. The van der Waals surface area contributed by atoms with Gasteiger partial charge < -0.3 is 0 Å². The Kier molecular flexibility index (Phi) is 6.13. The first-order valence-electron chi connectivity index (χ1n) is 19.7. The quantitative estimate of drug-likeness (QED) is 0.166. The Balaban J connectivity index is 1.11. The van der Waals surface area contributed by atoms with Gasteiger partial charge in [-0.25, -0.2) is 9.97 Å². The Morgan fingerprint density at radius 1 is 0.298 bits per heavy atom. The van der Waals surface area contributed by atoms with E-state index in [9.17, 15) is 0 Å². The van der Waals surface area contributed by atoms with E-state index < -0.39 is 5.41 Å². The normalized spacial score (nSPS) is 15.1. The summed E-state index contributed by atoms with van der Waals surface area (Å²) in [5.41, 5.74) is 13.8. The molecule has 0 radical (unpaired) electrons. The lowest BCUT2D eigenvalue weighted by Gasteiger charge is -2.31. The molecule has 10 aromatic carbocycles. The molecule has 0 aliphatic heterocycles. The second kappa shape index (κ2) is 11.3. The highest BCUT2D eigenvalue weighted by Gasteiger charge is 2.52. The number of benzene rings is 10. The first-order valence-corrected chi connectivity index (χ1v) is 19.7. The molecule has 2 nitrogen and oxygen atoms in total. The van der Waals surface area contributed by atoms with Crippen LogP contribution in [-0.2, 0) is 5.41 Å². The lowest BCUT2D eigenvalue weighted by Crippen LogP contribution is -2.26. The molecule has 2 heteroatoms. The van der Waals surface area contributed by atoms with Crippen LogP contribution in [0.2, 0.25) is 0 Å². The van der Waals surface area contributed by atoms with Crippen molar-refractivity contribution in [3.63, 3.8) is 0 Å². The van der Waals surface area contributed by atoms with Gasteiger partial charge in [-0.2, -0.15) is 0 Å². The summed E-state index contributed by atoms with van der Waals surface area (Å²) in [6.45, 7) is 0. The molecule has 0 N–H and O–H groups in total. The van der Waals surface area contributed by atoms with Crippen molar-refractivity contribution in [3.05, 3.63) is 216 Å². The first-order chi connectivity index (χ1) is 28.3. The molecule has 11 aromatic rings. The highest BCUT2D eigenvalue weighted by molar-refractivity contribution is 6.26. The number of nitrogens with zero attached hydrogens (tertiary/aromatic N) is 2. The van der Waals surface area contributed by atoms with Gasteiger partial charge in [-0.05, 0) is 118 Å². The van der Waals surface area contributed by atoms with Crippen molar-refractivity contribution in [1.29, 1.82) is 0 Å². The molecular formula is C55H32N2. The van der Waals surface area contributed by atoms with E-state index in [0.29, 0.717) is 0 Å². The van der Waals surface area contributed by atoms with E-state index in [1.54, 1.807) is 0 Å². The minimum Gasteiger partial charge on any atom is -0.228 e. The predicted octanol–water partition coefficient (Wildman–Crippen LogP) is 13.9. The Hall–Kier alpha value is -7.42. The van der Waals surface area contributed by atoms with Crippen LogP contribution in [0.15, 0.2) is 194 Å².